The van der Waals surface area contributed by atoms with Crippen LogP contribution in [0.2, 0.25) is 0 Å². The molecule has 1 amide bonds. The lowest BCUT2D eigenvalue weighted by molar-refractivity contribution is -0.120. The van der Waals surface area contributed by atoms with Crippen molar-refractivity contribution in [1.82, 2.24) is 25.1 Å². The van der Waals surface area contributed by atoms with Crippen molar-refractivity contribution < 1.29 is 9.53 Å². The second kappa shape index (κ2) is 8.15. The number of H-pyrrole nitrogens is 1. The van der Waals surface area contributed by atoms with Gasteiger partial charge in [-0.1, -0.05) is 30.0 Å². The number of methoxy groups -OCH3 is 1. The van der Waals surface area contributed by atoms with E-state index >= 15 is 0 Å². The zero-order chi connectivity index (χ0) is 18.5. The standard InChI is InChI=1S/C17H19N5O3S/c1-11(15(23)18-8-9-25-2)26-17-20-14-13(16(24)21-17)10-19-22(14)12-6-4-3-5-7-12/h3-7,10-11H,8-9H2,1-2H3,(H,18,23)(H,20,21,24)/t11-/m1/s1. The molecular formula is C17H19N5O3S. The third-order valence-corrected chi connectivity index (χ3v) is 4.66. The van der Waals surface area contributed by atoms with Gasteiger partial charge in [0, 0.05) is 13.7 Å². The molecule has 0 aliphatic rings. The molecule has 0 radical (unpaired) electrons. The predicted octanol–water partition coefficient (Wildman–Crippen LogP) is 1.35. The Labute approximate surface area is 154 Å². The zero-order valence-corrected chi connectivity index (χ0v) is 15.2. The number of hydrogen-bond acceptors (Lipinski definition) is 6. The van der Waals surface area contributed by atoms with Crippen LogP contribution in [0.15, 0.2) is 46.5 Å². The van der Waals surface area contributed by atoms with E-state index < -0.39 is 5.25 Å². The highest BCUT2D eigenvalue weighted by Crippen LogP contribution is 2.21. The number of nitrogens with one attached hydrogen (secondary N) is 2. The first-order valence-corrected chi connectivity index (χ1v) is 8.95. The fraction of sp³-hybridized carbons (Fsp3) is 0.294. The van der Waals surface area contributed by atoms with E-state index in [1.165, 1.54) is 18.0 Å². The van der Waals surface area contributed by atoms with E-state index in [1.807, 2.05) is 30.3 Å². The Morgan fingerprint density at radius 3 is 2.88 bits per heavy atom. The number of nitrogens with zero attached hydrogens (tertiary/aromatic N) is 3. The second-order valence-corrected chi connectivity index (χ2v) is 6.87. The molecular weight excluding hydrogens is 354 g/mol. The van der Waals surface area contributed by atoms with Gasteiger partial charge >= 0.3 is 0 Å². The van der Waals surface area contributed by atoms with Crippen LogP contribution in [0.4, 0.5) is 0 Å². The van der Waals surface area contributed by atoms with Gasteiger partial charge in [-0.05, 0) is 19.1 Å². The minimum Gasteiger partial charge on any atom is -0.383 e. The number of aromatic amines is 1. The lowest BCUT2D eigenvalue weighted by Crippen LogP contribution is -2.33. The molecule has 0 fully saturated rings. The van der Waals surface area contributed by atoms with Crippen LogP contribution in [0.3, 0.4) is 0 Å². The lowest BCUT2D eigenvalue weighted by Gasteiger charge is -2.11. The van der Waals surface area contributed by atoms with E-state index in [1.54, 1.807) is 18.7 Å². The van der Waals surface area contributed by atoms with Crippen molar-refractivity contribution in [3.8, 4) is 5.69 Å². The number of fused-ring (bicyclic) bond motifs is 1. The normalized spacial score (nSPS) is 12.2. The van der Waals surface area contributed by atoms with Crippen molar-refractivity contribution in [1.29, 1.82) is 0 Å². The molecule has 0 spiro atoms. The summed E-state index contributed by atoms with van der Waals surface area (Å²) in [5.74, 6) is -0.147. The first kappa shape index (κ1) is 18.2. The number of para-hydroxylation sites is 1. The monoisotopic (exact) mass is 373 g/mol. The Morgan fingerprint density at radius 2 is 2.15 bits per heavy atom. The Morgan fingerprint density at radius 1 is 1.38 bits per heavy atom. The fourth-order valence-electron chi connectivity index (χ4n) is 2.35. The Balaban J connectivity index is 1.86. The number of rotatable bonds is 7. The van der Waals surface area contributed by atoms with Gasteiger partial charge in [0.05, 0.1) is 23.7 Å². The van der Waals surface area contributed by atoms with E-state index in [4.69, 9.17) is 4.74 Å². The van der Waals surface area contributed by atoms with Crippen LogP contribution in [0, 0.1) is 0 Å². The highest BCUT2D eigenvalue weighted by atomic mass is 32.2. The molecule has 0 aliphatic heterocycles. The van der Waals surface area contributed by atoms with Gasteiger partial charge in [0.2, 0.25) is 5.91 Å². The molecule has 3 aromatic rings. The van der Waals surface area contributed by atoms with Crippen molar-refractivity contribution in [2.75, 3.05) is 20.3 Å². The summed E-state index contributed by atoms with van der Waals surface area (Å²) in [7, 11) is 1.57. The van der Waals surface area contributed by atoms with Crippen LogP contribution in [0.1, 0.15) is 6.92 Å². The number of ether oxygens (including phenoxy) is 1. The molecule has 0 saturated heterocycles. The van der Waals surface area contributed by atoms with Gasteiger partial charge in [0.25, 0.3) is 5.56 Å². The van der Waals surface area contributed by atoms with Crippen LogP contribution in [-0.2, 0) is 9.53 Å². The van der Waals surface area contributed by atoms with Crippen LogP contribution in [-0.4, -0.2) is 51.2 Å². The summed E-state index contributed by atoms with van der Waals surface area (Å²) in [6.07, 6.45) is 1.49. The quantitative estimate of drug-likeness (QED) is 0.368. The van der Waals surface area contributed by atoms with E-state index in [0.29, 0.717) is 29.3 Å². The Hall–Kier alpha value is -2.65. The topological polar surface area (TPSA) is 102 Å². The molecule has 2 N–H and O–H groups in total. The highest BCUT2D eigenvalue weighted by molar-refractivity contribution is 8.00. The summed E-state index contributed by atoms with van der Waals surface area (Å²) in [4.78, 5) is 31.6. The number of carbonyl (C=O) groups excluding carboxylic acids is 1. The average Bonchev–Trinajstić information content (AvgIpc) is 3.07. The molecule has 0 saturated carbocycles. The summed E-state index contributed by atoms with van der Waals surface area (Å²) < 4.78 is 6.52. The lowest BCUT2D eigenvalue weighted by atomic mass is 10.3. The van der Waals surface area contributed by atoms with Gasteiger partial charge < -0.3 is 15.0 Å². The van der Waals surface area contributed by atoms with Gasteiger partial charge in [-0.2, -0.15) is 5.10 Å². The second-order valence-electron chi connectivity index (χ2n) is 5.54. The summed E-state index contributed by atoms with van der Waals surface area (Å²) in [5, 5.41) is 7.38. The Bertz CT molecular complexity index is 954. The predicted molar refractivity (Wildman–Crippen MR) is 99.7 cm³/mol. The fourth-order valence-corrected chi connectivity index (χ4v) is 3.17. The minimum atomic E-state index is -0.416. The summed E-state index contributed by atoms with van der Waals surface area (Å²) in [5.41, 5.74) is 0.975. The van der Waals surface area contributed by atoms with Gasteiger partial charge in [-0.25, -0.2) is 9.67 Å². The molecule has 1 atom stereocenters. The van der Waals surface area contributed by atoms with Crippen molar-refractivity contribution in [2.24, 2.45) is 0 Å². The van der Waals surface area contributed by atoms with Crippen LogP contribution >= 0.6 is 11.8 Å². The first-order valence-electron chi connectivity index (χ1n) is 8.07. The molecule has 9 heteroatoms. The van der Waals surface area contributed by atoms with Crippen LogP contribution in [0.5, 0.6) is 0 Å². The summed E-state index contributed by atoms with van der Waals surface area (Å²) >= 11 is 1.19. The summed E-state index contributed by atoms with van der Waals surface area (Å²) in [6.45, 7) is 2.63. The molecule has 3 rings (SSSR count). The van der Waals surface area contributed by atoms with Gasteiger partial charge in [0.1, 0.15) is 5.39 Å². The molecule has 26 heavy (non-hydrogen) atoms. The van der Waals surface area contributed by atoms with Crippen molar-refractivity contribution in [2.45, 2.75) is 17.3 Å². The largest absolute Gasteiger partial charge is 0.383 e. The third kappa shape index (κ3) is 3.94. The van der Waals surface area contributed by atoms with Crippen molar-refractivity contribution in [3.63, 3.8) is 0 Å². The van der Waals surface area contributed by atoms with Crippen molar-refractivity contribution in [3.05, 3.63) is 46.9 Å². The van der Waals surface area contributed by atoms with E-state index in [-0.39, 0.29) is 11.5 Å². The zero-order valence-electron chi connectivity index (χ0n) is 14.4. The maximum Gasteiger partial charge on any atom is 0.262 e. The Kier molecular flexibility index (Phi) is 5.69. The molecule has 0 bridgehead atoms. The van der Waals surface area contributed by atoms with E-state index in [0.717, 1.165) is 5.69 Å². The molecule has 2 heterocycles. The number of carbonyl (C=O) groups is 1. The molecule has 1 aromatic carbocycles. The molecule has 0 aliphatic carbocycles. The number of thioether (sulfide) groups is 1. The molecule has 2 aromatic heterocycles. The van der Waals surface area contributed by atoms with Crippen LogP contribution in [0.25, 0.3) is 16.7 Å². The van der Waals surface area contributed by atoms with Gasteiger partial charge in [-0.3, -0.25) is 9.59 Å². The smallest absolute Gasteiger partial charge is 0.262 e. The van der Waals surface area contributed by atoms with E-state index in [2.05, 4.69) is 20.4 Å². The minimum absolute atomic E-state index is 0.147. The van der Waals surface area contributed by atoms with Crippen molar-refractivity contribution >= 4 is 28.7 Å². The maximum atomic E-state index is 12.3. The van der Waals surface area contributed by atoms with Crippen LogP contribution < -0.4 is 10.9 Å². The summed E-state index contributed by atoms with van der Waals surface area (Å²) in [6, 6.07) is 9.44. The molecule has 8 nitrogen and oxygen atoms in total. The first-order chi connectivity index (χ1) is 12.6. The number of amides is 1. The third-order valence-electron chi connectivity index (χ3n) is 3.68. The molecule has 136 valence electrons. The van der Waals surface area contributed by atoms with E-state index in [9.17, 15) is 9.59 Å². The molecule has 0 unspecified atom stereocenters. The number of aromatic nitrogens is 4. The van der Waals surface area contributed by atoms with Gasteiger partial charge in [0.15, 0.2) is 10.8 Å². The highest BCUT2D eigenvalue weighted by Gasteiger charge is 2.17. The number of benzene rings is 1. The van der Waals surface area contributed by atoms with Gasteiger partial charge in [-0.15, -0.1) is 0 Å². The maximum absolute atomic E-state index is 12.3. The average molecular weight is 373 g/mol. The SMILES string of the molecule is COCCNC(=O)[C@@H](C)Sc1nc2c(cnn2-c2ccccc2)c(=O)[nH]1. The number of hydrogen-bond donors (Lipinski definition) is 2.